The summed E-state index contributed by atoms with van der Waals surface area (Å²) in [6.45, 7) is 4.01. The van der Waals surface area contributed by atoms with E-state index in [9.17, 15) is 4.79 Å². The number of rotatable bonds is 4. The van der Waals surface area contributed by atoms with Crippen LogP contribution in [-0.4, -0.2) is 59.0 Å². The number of nitrogen functional groups attached to an aromatic ring is 1. The average molecular weight is 344 g/mol. The van der Waals surface area contributed by atoms with Crippen LogP contribution in [0.15, 0.2) is 12.3 Å². The Kier molecular flexibility index (Phi) is 4.74. The third-order valence-electron chi connectivity index (χ3n) is 5.71. The molecule has 0 spiro atoms. The molecule has 1 aromatic rings. The fraction of sp³-hybridized carbons (Fsp3) is 0.722. The van der Waals surface area contributed by atoms with Crippen LogP contribution in [0.1, 0.15) is 38.5 Å². The molecular formula is C18H28N6O. The van der Waals surface area contributed by atoms with Gasteiger partial charge in [-0.25, -0.2) is 4.98 Å². The second kappa shape index (κ2) is 7.15. The predicted molar refractivity (Wildman–Crippen MR) is 97.1 cm³/mol. The van der Waals surface area contributed by atoms with E-state index in [1.165, 1.54) is 0 Å². The van der Waals surface area contributed by atoms with Crippen LogP contribution in [0.25, 0.3) is 0 Å². The fourth-order valence-electron chi connectivity index (χ4n) is 4.10. The quantitative estimate of drug-likeness (QED) is 0.848. The molecule has 3 N–H and O–H groups in total. The summed E-state index contributed by atoms with van der Waals surface area (Å²) >= 11 is 0. The van der Waals surface area contributed by atoms with E-state index >= 15 is 0 Å². The summed E-state index contributed by atoms with van der Waals surface area (Å²) in [6, 6.07) is 2.97. The van der Waals surface area contributed by atoms with Gasteiger partial charge in [0.05, 0.1) is 5.92 Å². The van der Waals surface area contributed by atoms with Crippen LogP contribution >= 0.6 is 0 Å². The monoisotopic (exact) mass is 344 g/mol. The van der Waals surface area contributed by atoms with Gasteiger partial charge in [-0.2, -0.15) is 4.98 Å². The average Bonchev–Trinajstić information content (AvgIpc) is 3.46. The lowest BCUT2D eigenvalue weighted by atomic mass is 9.93. The smallest absolute Gasteiger partial charge is 0.224 e. The van der Waals surface area contributed by atoms with Gasteiger partial charge in [0.25, 0.3) is 0 Å². The van der Waals surface area contributed by atoms with Crippen LogP contribution in [0.5, 0.6) is 0 Å². The largest absolute Gasteiger partial charge is 0.368 e. The van der Waals surface area contributed by atoms with Crippen LogP contribution in [0.4, 0.5) is 11.8 Å². The molecule has 4 rings (SSSR count). The number of piperidine rings is 2. The van der Waals surface area contributed by atoms with Crippen LogP contribution in [0, 0.1) is 5.92 Å². The summed E-state index contributed by atoms with van der Waals surface area (Å²) in [4.78, 5) is 25.5. The van der Waals surface area contributed by atoms with E-state index in [4.69, 9.17) is 5.73 Å². The molecule has 3 fully saturated rings. The van der Waals surface area contributed by atoms with Gasteiger partial charge in [-0.1, -0.05) is 0 Å². The number of hydrogen-bond donors (Lipinski definition) is 2. The maximum absolute atomic E-state index is 12.4. The first-order valence-electron chi connectivity index (χ1n) is 9.57. The van der Waals surface area contributed by atoms with Crippen LogP contribution < -0.4 is 16.0 Å². The van der Waals surface area contributed by atoms with Crippen molar-refractivity contribution in [2.75, 3.05) is 36.8 Å². The highest BCUT2D eigenvalue weighted by Crippen LogP contribution is 2.27. The first kappa shape index (κ1) is 16.6. The highest BCUT2D eigenvalue weighted by atomic mass is 16.2. The van der Waals surface area contributed by atoms with E-state index in [1.807, 2.05) is 6.07 Å². The topological polar surface area (TPSA) is 87.4 Å². The number of nitrogens with one attached hydrogen (secondary N) is 1. The molecule has 3 heterocycles. The second-order valence-electron chi connectivity index (χ2n) is 7.61. The summed E-state index contributed by atoms with van der Waals surface area (Å²) in [5, 5.41) is 3.18. The molecule has 2 saturated heterocycles. The molecule has 25 heavy (non-hydrogen) atoms. The fourth-order valence-corrected chi connectivity index (χ4v) is 4.10. The number of anilines is 2. The molecule has 1 unspecified atom stereocenters. The number of carbonyl (C=O) groups is 1. The van der Waals surface area contributed by atoms with Crippen molar-refractivity contribution in [3.63, 3.8) is 0 Å². The maximum Gasteiger partial charge on any atom is 0.224 e. The summed E-state index contributed by atoms with van der Waals surface area (Å²) in [5.41, 5.74) is 5.70. The Hall–Kier alpha value is -1.89. The number of carbonyl (C=O) groups excluding carboxylic acids is 1. The molecule has 1 amide bonds. The summed E-state index contributed by atoms with van der Waals surface area (Å²) in [5.74, 6) is 1.71. The highest BCUT2D eigenvalue weighted by molar-refractivity contribution is 5.79. The Balaban J connectivity index is 1.30. The van der Waals surface area contributed by atoms with Gasteiger partial charge in [0.15, 0.2) is 0 Å². The van der Waals surface area contributed by atoms with Gasteiger partial charge in [0.1, 0.15) is 5.82 Å². The third kappa shape index (κ3) is 4.03. The molecular weight excluding hydrogens is 316 g/mol. The molecule has 0 radical (unpaired) electrons. The maximum atomic E-state index is 12.4. The van der Waals surface area contributed by atoms with Gasteiger partial charge < -0.3 is 16.0 Å². The lowest BCUT2D eigenvalue weighted by molar-refractivity contribution is -0.127. The van der Waals surface area contributed by atoms with Gasteiger partial charge in [-0.3, -0.25) is 9.69 Å². The summed E-state index contributed by atoms with van der Waals surface area (Å²) < 4.78 is 0. The molecule has 3 aliphatic rings. The van der Waals surface area contributed by atoms with Crippen molar-refractivity contribution >= 4 is 17.7 Å². The minimum absolute atomic E-state index is 0.175. The predicted octanol–water partition coefficient (Wildman–Crippen LogP) is 1.02. The van der Waals surface area contributed by atoms with E-state index in [-0.39, 0.29) is 11.8 Å². The van der Waals surface area contributed by atoms with E-state index in [1.54, 1.807) is 6.20 Å². The van der Waals surface area contributed by atoms with Crippen molar-refractivity contribution in [2.45, 2.75) is 50.6 Å². The van der Waals surface area contributed by atoms with Crippen LogP contribution in [-0.2, 0) is 4.79 Å². The number of nitrogens with two attached hydrogens (primary N) is 1. The van der Waals surface area contributed by atoms with Crippen LogP contribution in [0.3, 0.4) is 0 Å². The first-order valence-corrected chi connectivity index (χ1v) is 9.57. The van der Waals surface area contributed by atoms with E-state index < -0.39 is 0 Å². The molecule has 1 saturated carbocycles. The van der Waals surface area contributed by atoms with E-state index in [0.717, 1.165) is 70.5 Å². The normalized spacial score (nSPS) is 25.8. The van der Waals surface area contributed by atoms with Crippen molar-refractivity contribution in [3.05, 3.63) is 12.3 Å². The molecule has 7 nitrogen and oxygen atoms in total. The number of hydrogen-bond acceptors (Lipinski definition) is 6. The van der Waals surface area contributed by atoms with Crippen molar-refractivity contribution in [1.82, 2.24) is 20.2 Å². The Morgan fingerprint density at radius 2 is 1.96 bits per heavy atom. The number of nitrogens with zero attached hydrogens (tertiary/aromatic N) is 4. The molecule has 1 aromatic heterocycles. The van der Waals surface area contributed by atoms with Crippen molar-refractivity contribution in [2.24, 2.45) is 5.92 Å². The van der Waals surface area contributed by atoms with E-state index in [0.29, 0.717) is 18.0 Å². The van der Waals surface area contributed by atoms with Gasteiger partial charge in [-0.05, 0) is 51.1 Å². The number of aromatic nitrogens is 2. The number of likely N-dealkylation sites (tertiary alicyclic amines) is 1. The van der Waals surface area contributed by atoms with Crippen molar-refractivity contribution in [1.29, 1.82) is 0 Å². The van der Waals surface area contributed by atoms with Gasteiger partial charge in [0, 0.05) is 37.9 Å². The zero-order valence-corrected chi connectivity index (χ0v) is 14.7. The number of amides is 1. The molecule has 7 heteroatoms. The molecule has 1 aliphatic carbocycles. The molecule has 136 valence electrons. The minimum Gasteiger partial charge on any atom is -0.368 e. The molecule has 2 aliphatic heterocycles. The summed E-state index contributed by atoms with van der Waals surface area (Å²) in [6.07, 6.45) is 8.43. The zero-order valence-electron chi connectivity index (χ0n) is 14.7. The molecule has 0 aromatic carbocycles. The van der Waals surface area contributed by atoms with Crippen molar-refractivity contribution in [3.8, 4) is 0 Å². The SMILES string of the molecule is Nc1nccc(N2CCC(N3CCCC(C(=O)NC4CC4)C3)CC2)n1. The zero-order chi connectivity index (χ0) is 17.2. The molecule has 0 bridgehead atoms. The van der Waals surface area contributed by atoms with Crippen molar-refractivity contribution < 1.29 is 4.79 Å². The minimum atomic E-state index is 0.175. The standard InChI is InChI=1S/C18H28N6O/c19-18-20-8-5-16(22-18)23-10-6-15(7-11-23)24-9-1-2-13(12-24)17(25)21-14-3-4-14/h5,8,13-15H,1-4,6-7,9-12H2,(H,21,25)(H2,19,20,22). The van der Waals surface area contributed by atoms with E-state index in [2.05, 4.69) is 25.1 Å². The van der Waals surface area contributed by atoms with Crippen LogP contribution in [0.2, 0.25) is 0 Å². The van der Waals surface area contributed by atoms with Gasteiger partial charge in [-0.15, -0.1) is 0 Å². The Morgan fingerprint density at radius 3 is 2.68 bits per heavy atom. The third-order valence-corrected chi connectivity index (χ3v) is 5.71. The second-order valence-corrected chi connectivity index (χ2v) is 7.61. The lowest BCUT2D eigenvalue weighted by Crippen LogP contribution is -2.51. The molecule has 1 atom stereocenters. The first-order chi connectivity index (χ1) is 12.2. The Bertz CT molecular complexity index is 611. The Labute approximate surface area is 149 Å². The lowest BCUT2D eigenvalue weighted by Gasteiger charge is -2.42. The van der Waals surface area contributed by atoms with Gasteiger partial charge >= 0.3 is 0 Å². The van der Waals surface area contributed by atoms with Gasteiger partial charge in [0.2, 0.25) is 11.9 Å². The summed E-state index contributed by atoms with van der Waals surface area (Å²) in [7, 11) is 0. The highest BCUT2D eigenvalue weighted by Gasteiger charge is 2.33. The Morgan fingerprint density at radius 1 is 1.16 bits per heavy atom.